The Morgan fingerprint density at radius 3 is 2.81 bits per heavy atom. The van der Waals surface area contributed by atoms with Gasteiger partial charge in [0.25, 0.3) is 5.91 Å². The quantitative estimate of drug-likeness (QED) is 0.739. The number of hydrogen-bond acceptors (Lipinski definition) is 3. The zero-order valence-electron chi connectivity index (χ0n) is 11.7. The van der Waals surface area contributed by atoms with Gasteiger partial charge < -0.3 is 16.2 Å². The maximum atomic E-state index is 12.1. The van der Waals surface area contributed by atoms with Gasteiger partial charge in [0.2, 0.25) is 0 Å². The molecule has 4 heteroatoms. The number of nitrogens with one attached hydrogen (secondary N) is 1. The van der Waals surface area contributed by atoms with Crippen molar-refractivity contribution in [1.29, 1.82) is 0 Å². The van der Waals surface area contributed by atoms with E-state index in [9.17, 15) is 9.90 Å². The normalized spacial score (nSPS) is 9.62. The number of rotatable bonds is 2. The van der Waals surface area contributed by atoms with E-state index in [1.165, 1.54) is 12.1 Å². The number of benzene rings is 2. The molecule has 2 aromatic carbocycles. The van der Waals surface area contributed by atoms with Gasteiger partial charge in [-0.15, -0.1) is 0 Å². The van der Waals surface area contributed by atoms with E-state index in [-0.39, 0.29) is 11.7 Å². The number of amides is 1. The molecule has 0 heterocycles. The summed E-state index contributed by atoms with van der Waals surface area (Å²) in [5.41, 5.74) is 8.26. The zero-order valence-corrected chi connectivity index (χ0v) is 11.7. The van der Waals surface area contributed by atoms with Gasteiger partial charge >= 0.3 is 0 Å². The van der Waals surface area contributed by atoms with Crippen LogP contribution in [0.4, 0.5) is 5.69 Å². The van der Waals surface area contributed by atoms with Crippen molar-refractivity contribution < 1.29 is 9.90 Å². The molecule has 0 aromatic heterocycles. The summed E-state index contributed by atoms with van der Waals surface area (Å²) in [4.78, 5) is 12.1. The van der Waals surface area contributed by atoms with Crippen LogP contribution in [0.5, 0.6) is 5.75 Å². The van der Waals surface area contributed by atoms with Gasteiger partial charge in [0, 0.05) is 16.8 Å². The highest BCUT2D eigenvalue weighted by atomic mass is 16.3. The fraction of sp³-hybridized carbons (Fsp3) is 0.118. The summed E-state index contributed by atoms with van der Waals surface area (Å²) in [6.07, 6.45) is 0. The lowest BCUT2D eigenvalue weighted by Crippen LogP contribution is -2.11. The van der Waals surface area contributed by atoms with Crippen LogP contribution in [0.1, 0.15) is 21.5 Å². The number of carbonyl (C=O) groups is 1. The molecule has 4 nitrogen and oxygen atoms in total. The Balaban J connectivity index is 2.21. The number of carbonyl (C=O) groups excluding carboxylic acids is 1. The summed E-state index contributed by atoms with van der Waals surface area (Å²) < 4.78 is 0. The third kappa shape index (κ3) is 3.85. The number of hydrogen-bond donors (Lipinski definition) is 3. The van der Waals surface area contributed by atoms with Gasteiger partial charge in [-0.25, -0.2) is 0 Å². The molecule has 1 amide bonds. The highest BCUT2D eigenvalue weighted by molar-refractivity contribution is 6.04. The minimum atomic E-state index is -0.285. The Morgan fingerprint density at radius 2 is 2.10 bits per heavy atom. The van der Waals surface area contributed by atoms with Crippen LogP contribution in [-0.2, 0) is 0 Å². The first-order chi connectivity index (χ1) is 10.1. The second kappa shape index (κ2) is 6.60. The number of phenolic OH excluding ortho intramolecular Hbond substituents is 1. The lowest BCUT2D eigenvalue weighted by molar-refractivity contribution is 0.102. The van der Waals surface area contributed by atoms with Crippen LogP contribution in [0.15, 0.2) is 42.5 Å². The number of anilines is 1. The van der Waals surface area contributed by atoms with Crippen LogP contribution in [0.3, 0.4) is 0 Å². The van der Waals surface area contributed by atoms with Gasteiger partial charge in [-0.1, -0.05) is 24.0 Å². The molecule has 0 radical (unpaired) electrons. The molecule has 0 saturated heterocycles. The Morgan fingerprint density at radius 1 is 1.29 bits per heavy atom. The lowest BCUT2D eigenvalue weighted by atomic mass is 10.1. The van der Waals surface area contributed by atoms with Crippen molar-refractivity contribution >= 4 is 11.6 Å². The smallest absolute Gasteiger partial charge is 0.255 e. The van der Waals surface area contributed by atoms with E-state index >= 15 is 0 Å². The molecule has 2 aromatic rings. The third-order valence-corrected chi connectivity index (χ3v) is 2.93. The largest absolute Gasteiger partial charge is 0.508 e. The summed E-state index contributed by atoms with van der Waals surface area (Å²) >= 11 is 0. The minimum absolute atomic E-state index is 0.0565. The highest BCUT2D eigenvalue weighted by Crippen LogP contribution is 2.17. The topological polar surface area (TPSA) is 75.3 Å². The van der Waals surface area contributed by atoms with Crippen LogP contribution in [0.25, 0.3) is 0 Å². The molecule has 0 aliphatic heterocycles. The SMILES string of the molecule is Cc1ccc(NC(=O)c2cccc(O)c2)cc1C#CCN. The molecule has 0 unspecified atom stereocenters. The standard InChI is InChI=1S/C17H16N2O2/c1-12-7-8-15(10-13(12)5-3-9-18)19-17(21)14-4-2-6-16(20)11-14/h2,4,6-8,10-11,20H,9,18H2,1H3,(H,19,21). The van der Waals surface area contributed by atoms with Crippen LogP contribution < -0.4 is 11.1 Å². The monoisotopic (exact) mass is 280 g/mol. The summed E-state index contributed by atoms with van der Waals surface area (Å²) in [5.74, 6) is 5.54. The molecule has 106 valence electrons. The lowest BCUT2D eigenvalue weighted by Gasteiger charge is -2.07. The van der Waals surface area contributed by atoms with E-state index in [0.717, 1.165) is 11.1 Å². The van der Waals surface area contributed by atoms with Crippen molar-refractivity contribution in [3.63, 3.8) is 0 Å². The van der Waals surface area contributed by atoms with Gasteiger partial charge in [0.15, 0.2) is 0 Å². The molecule has 0 saturated carbocycles. The summed E-state index contributed by atoms with van der Waals surface area (Å²) in [7, 11) is 0. The third-order valence-electron chi connectivity index (χ3n) is 2.93. The summed E-state index contributed by atoms with van der Waals surface area (Å²) in [6.45, 7) is 2.24. The molecule has 21 heavy (non-hydrogen) atoms. The molecule has 0 aliphatic rings. The first-order valence-electron chi connectivity index (χ1n) is 6.50. The molecule has 0 aliphatic carbocycles. The summed E-state index contributed by atoms with van der Waals surface area (Å²) in [6, 6.07) is 11.7. The van der Waals surface area contributed by atoms with E-state index in [4.69, 9.17) is 5.73 Å². The Kier molecular flexibility index (Phi) is 4.60. The molecule has 0 fully saturated rings. The fourth-order valence-corrected chi connectivity index (χ4v) is 1.83. The predicted octanol–water partition coefficient (Wildman–Crippen LogP) is 2.26. The van der Waals surface area contributed by atoms with E-state index < -0.39 is 0 Å². The van der Waals surface area contributed by atoms with Gasteiger partial charge in [-0.3, -0.25) is 4.79 Å². The molecule has 0 bridgehead atoms. The van der Waals surface area contributed by atoms with Crippen LogP contribution in [0, 0.1) is 18.8 Å². The molecular formula is C17H16N2O2. The van der Waals surface area contributed by atoms with E-state index in [1.54, 1.807) is 18.2 Å². The van der Waals surface area contributed by atoms with Gasteiger partial charge in [0.1, 0.15) is 5.75 Å². The van der Waals surface area contributed by atoms with Crippen molar-refractivity contribution in [3.05, 3.63) is 59.2 Å². The second-order valence-corrected chi connectivity index (χ2v) is 4.54. The van der Waals surface area contributed by atoms with E-state index in [0.29, 0.717) is 17.8 Å². The van der Waals surface area contributed by atoms with Gasteiger partial charge in [0.05, 0.1) is 6.54 Å². The van der Waals surface area contributed by atoms with Crippen molar-refractivity contribution in [2.24, 2.45) is 5.73 Å². The van der Waals surface area contributed by atoms with Gasteiger partial charge in [-0.05, 0) is 42.8 Å². The van der Waals surface area contributed by atoms with E-state index in [1.807, 2.05) is 19.1 Å². The zero-order chi connectivity index (χ0) is 15.2. The maximum Gasteiger partial charge on any atom is 0.255 e. The van der Waals surface area contributed by atoms with Crippen LogP contribution in [-0.4, -0.2) is 17.6 Å². The van der Waals surface area contributed by atoms with Crippen molar-refractivity contribution in [2.45, 2.75) is 6.92 Å². The minimum Gasteiger partial charge on any atom is -0.508 e. The number of aromatic hydroxyl groups is 1. The van der Waals surface area contributed by atoms with E-state index in [2.05, 4.69) is 17.2 Å². The summed E-state index contributed by atoms with van der Waals surface area (Å²) in [5, 5.41) is 12.2. The first kappa shape index (κ1) is 14.6. The maximum absolute atomic E-state index is 12.1. The highest BCUT2D eigenvalue weighted by Gasteiger charge is 2.07. The fourth-order valence-electron chi connectivity index (χ4n) is 1.83. The molecule has 0 atom stereocenters. The molecule has 2 rings (SSSR count). The number of phenols is 1. The van der Waals surface area contributed by atoms with Crippen molar-refractivity contribution in [2.75, 3.05) is 11.9 Å². The second-order valence-electron chi connectivity index (χ2n) is 4.54. The molecule has 0 spiro atoms. The molecular weight excluding hydrogens is 264 g/mol. The average molecular weight is 280 g/mol. The van der Waals surface area contributed by atoms with Crippen LogP contribution in [0.2, 0.25) is 0 Å². The number of nitrogens with two attached hydrogens (primary N) is 1. The Bertz CT molecular complexity index is 727. The Labute approximate surface area is 123 Å². The van der Waals surface area contributed by atoms with Crippen molar-refractivity contribution in [1.82, 2.24) is 0 Å². The predicted molar refractivity (Wildman–Crippen MR) is 83.2 cm³/mol. The number of aryl methyl sites for hydroxylation is 1. The first-order valence-corrected chi connectivity index (χ1v) is 6.50. The Hall–Kier alpha value is -2.77. The van der Waals surface area contributed by atoms with Gasteiger partial charge in [-0.2, -0.15) is 0 Å². The van der Waals surface area contributed by atoms with Crippen LogP contribution >= 0.6 is 0 Å². The van der Waals surface area contributed by atoms with Crippen molar-refractivity contribution in [3.8, 4) is 17.6 Å². The average Bonchev–Trinajstić information content (AvgIpc) is 2.47. The molecule has 4 N–H and O–H groups in total.